The predicted molar refractivity (Wildman–Crippen MR) is 66.2 cm³/mol. The molecule has 87 valence electrons. The van der Waals surface area contributed by atoms with Gasteiger partial charge in [-0.05, 0) is 19.8 Å². The first-order chi connectivity index (χ1) is 7.79. The smallest absolute Gasteiger partial charge is 0.224 e. The van der Waals surface area contributed by atoms with Crippen LogP contribution in [0.4, 0.5) is 17.5 Å². The van der Waals surface area contributed by atoms with Gasteiger partial charge in [-0.2, -0.15) is 4.98 Å². The van der Waals surface area contributed by atoms with E-state index in [1.807, 2.05) is 0 Å². The molecule has 2 rings (SSSR count). The average molecular weight is 220 g/mol. The van der Waals surface area contributed by atoms with Gasteiger partial charge in [0.25, 0.3) is 0 Å². The molecule has 1 radical (unpaired) electrons. The Hall–Kier alpha value is -1.52. The third-order valence-electron chi connectivity index (χ3n) is 2.80. The van der Waals surface area contributed by atoms with Crippen molar-refractivity contribution in [3.63, 3.8) is 0 Å². The molecule has 0 atom stereocenters. The Kier molecular flexibility index (Phi) is 3.44. The van der Waals surface area contributed by atoms with Gasteiger partial charge in [0, 0.05) is 12.6 Å². The highest BCUT2D eigenvalue weighted by atomic mass is 15.2. The lowest BCUT2D eigenvalue weighted by Crippen LogP contribution is -2.17. The summed E-state index contributed by atoms with van der Waals surface area (Å²) < 4.78 is 0. The van der Waals surface area contributed by atoms with Gasteiger partial charge in [0.1, 0.15) is 0 Å². The molecule has 0 aliphatic heterocycles. The van der Waals surface area contributed by atoms with Gasteiger partial charge in [-0.1, -0.05) is 12.8 Å². The summed E-state index contributed by atoms with van der Waals surface area (Å²) in [7, 11) is 0. The topological polar surface area (TPSA) is 75.9 Å². The Bertz CT molecular complexity index is 346. The van der Waals surface area contributed by atoms with Crippen LogP contribution in [0, 0.1) is 6.92 Å². The quantitative estimate of drug-likeness (QED) is 0.719. The highest BCUT2D eigenvalue weighted by Gasteiger charge is 2.15. The van der Waals surface area contributed by atoms with Crippen LogP contribution in [-0.2, 0) is 0 Å². The molecule has 0 unspecified atom stereocenters. The highest BCUT2D eigenvalue weighted by molar-refractivity contribution is 5.61. The minimum absolute atomic E-state index is 0.510. The molecule has 0 aromatic carbocycles. The fraction of sp³-hybridized carbons (Fsp3) is 0.545. The molecule has 1 fully saturated rings. The van der Waals surface area contributed by atoms with Gasteiger partial charge in [0.15, 0.2) is 5.82 Å². The van der Waals surface area contributed by atoms with Crippen LogP contribution in [0.2, 0.25) is 0 Å². The van der Waals surface area contributed by atoms with Crippen molar-refractivity contribution >= 4 is 17.5 Å². The molecule has 0 bridgehead atoms. The lowest BCUT2D eigenvalue weighted by molar-refractivity contribution is 0.744. The summed E-state index contributed by atoms with van der Waals surface area (Å²) >= 11 is 0. The summed E-state index contributed by atoms with van der Waals surface area (Å²) in [6.45, 7) is 4.27. The van der Waals surface area contributed by atoms with Gasteiger partial charge < -0.3 is 16.4 Å². The summed E-state index contributed by atoms with van der Waals surface area (Å²) in [6, 6.07) is 0.510. The molecule has 1 aliphatic carbocycles. The fourth-order valence-corrected chi connectivity index (χ4v) is 1.97. The lowest BCUT2D eigenvalue weighted by Gasteiger charge is -2.13. The molecule has 0 saturated heterocycles. The Balaban J connectivity index is 2.05. The lowest BCUT2D eigenvalue weighted by atomic mass is 10.2. The SMILES string of the molecule is [CH2]CNc1nc(NC2CCCC2)ncc1N. The van der Waals surface area contributed by atoms with Gasteiger partial charge in [0.05, 0.1) is 11.9 Å². The second kappa shape index (κ2) is 5.01. The molecule has 0 amide bonds. The van der Waals surface area contributed by atoms with Gasteiger partial charge in [0.2, 0.25) is 5.95 Å². The maximum atomic E-state index is 5.74. The molecule has 1 saturated carbocycles. The summed E-state index contributed by atoms with van der Waals surface area (Å²) in [5.41, 5.74) is 6.30. The number of hydrogen-bond acceptors (Lipinski definition) is 5. The summed E-state index contributed by atoms with van der Waals surface area (Å²) in [5, 5.41) is 6.34. The second-order valence-corrected chi connectivity index (χ2v) is 4.05. The van der Waals surface area contributed by atoms with Crippen molar-refractivity contribution in [3.8, 4) is 0 Å². The fourth-order valence-electron chi connectivity index (χ4n) is 1.97. The van der Waals surface area contributed by atoms with Gasteiger partial charge in [-0.3, -0.25) is 0 Å². The van der Waals surface area contributed by atoms with Crippen molar-refractivity contribution in [1.29, 1.82) is 0 Å². The highest BCUT2D eigenvalue weighted by Crippen LogP contribution is 2.22. The monoisotopic (exact) mass is 220 g/mol. The third kappa shape index (κ3) is 2.53. The van der Waals surface area contributed by atoms with Crippen LogP contribution in [0.1, 0.15) is 25.7 Å². The molecule has 1 aromatic rings. The van der Waals surface area contributed by atoms with E-state index in [1.54, 1.807) is 6.20 Å². The average Bonchev–Trinajstić information content (AvgIpc) is 2.76. The van der Waals surface area contributed by atoms with E-state index in [9.17, 15) is 0 Å². The Morgan fingerprint density at radius 2 is 2.19 bits per heavy atom. The van der Waals surface area contributed by atoms with E-state index in [4.69, 9.17) is 5.73 Å². The van der Waals surface area contributed by atoms with Crippen LogP contribution in [0.3, 0.4) is 0 Å². The van der Waals surface area contributed by atoms with Crippen LogP contribution < -0.4 is 16.4 Å². The van der Waals surface area contributed by atoms with E-state index in [0.29, 0.717) is 30.0 Å². The molecule has 0 spiro atoms. The zero-order chi connectivity index (χ0) is 11.4. The number of rotatable bonds is 4. The molecule has 1 aromatic heterocycles. The molecule has 16 heavy (non-hydrogen) atoms. The molecular weight excluding hydrogens is 202 g/mol. The maximum absolute atomic E-state index is 5.74. The number of hydrogen-bond donors (Lipinski definition) is 3. The number of anilines is 3. The summed E-state index contributed by atoms with van der Waals surface area (Å²) in [5.74, 6) is 1.31. The second-order valence-electron chi connectivity index (χ2n) is 4.05. The minimum Gasteiger partial charge on any atom is -0.394 e. The predicted octanol–water partition coefficient (Wildman–Crippen LogP) is 1.66. The first-order valence-corrected chi connectivity index (χ1v) is 5.72. The Labute approximate surface area is 95.9 Å². The number of aromatic nitrogens is 2. The van der Waals surface area contributed by atoms with Crippen LogP contribution in [0.5, 0.6) is 0 Å². The van der Waals surface area contributed by atoms with Crippen molar-refractivity contribution in [3.05, 3.63) is 13.1 Å². The van der Waals surface area contributed by atoms with Crippen molar-refractivity contribution in [2.24, 2.45) is 0 Å². The standard InChI is InChI=1S/C11H18N5/c1-2-13-10-9(12)7-14-11(16-10)15-8-5-3-4-6-8/h7-8H,1-6,12H2,(H2,13,14,15,16). The molecule has 4 N–H and O–H groups in total. The van der Waals surface area contributed by atoms with Gasteiger partial charge in [-0.25, -0.2) is 4.98 Å². The largest absolute Gasteiger partial charge is 0.394 e. The van der Waals surface area contributed by atoms with E-state index in [-0.39, 0.29) is 0 Å². The first kappa shape index (κ1) is 11.0. The van der Waals surface area contributed by atoms with Crippen LogP contribution in [-0.4, -0.2) is 22.6 Å². The van der Waals surface area contributed by atoms with Crippen molar-refractivity contribution < 1.29 is 0 Å². The Morgan fingerprint density at radius 1 is 1.44 bits per heavy atom. The number of nitrogens with one attached hydrogen (secondary N) is 2. The first-order valence-electron chi connectivity index (χ1n) is 5.72. The molecule has 1 aliphatic rings. The number of nitrogens with zero attached hydrogens (tertiary/aromatic N) is 2. The van der Waals surface area contributed by atoms with E-state index < -0.39 is 0 Å². The molecule has 5 heteroatoms. The zero-order valence-electron chi connectivity index (χ0n) is 9.37. The minimum atomic E-state index is 0.510. The Morgan fingerprint density at radius 3 is 2.88 bits per heavy atom. The molecule has 1 heterocycles. The third-order valence-corrected chi connectivity index (χ3v) is 2.80. The van der Waals surface area contributed by atoms with E-state index >= 15 is 0 Å². The van der Waals surface area contributed by atoms with Gasteiger partial charge >= 0.3 is 0 Å². The van der Waals surface area contributed by atoms with Crippen molar-refractivity contribution in [1.82, 2.24) is 9.97 Å². The summed E-state index contributed by atoms with van der Waals surface area (Å²) in [6.07, 6.45) is 6.60. The van der Waals surface area contributed by atoms with E-state index in [0.717, 1.165) is 0 Å². The normalized spacial score (nSPS) is 16.3. The number of nitrogens with two attached hydrogens (primary N) is 1. The molecular formula is C11H18N5. The van der Waals surface area contributed by atoms with Crippen LogP contribution in [0.25, 0.3) is 0 Å². The zero-order valence-corrected chi connectivity index (χ0v) is 9.37. The number of nitrogen functional groups attached to an aromatic ring is 1. The van der Waals surface area contributed by atoms with E-state index in [2.05, 4.69) is 27.5 Å². The van der Waals surface area contributed by atoms with Gasteiger partial charge in [-0.15, -0.1) is 0 Å². The molecule has 5 nitrogen and oxygen atoms in total. The van der Waals surface area contributed by atoms with Crippen LogP contribution >= 0.6 is 0 Å². The van der Waals surface area contributed by atoms with E-state index in [1.165, 1.54) is 25.7 Å². The van der Waals surface area contributed by atoms with Crippen molar-refractivity contribution in [2.45, 2.75) is 31.7 Å². The van der Waals surface area contributed by atoms with Crippen molar-refractivity contribution in [2.75, 3.05) is 22.9 Å². The summed E-state index contributed by atoms with van der Waals surface area (Å²) in [4.78, 5) is 8.50. The maximum Gasteiger partial charge on any atom is 0.224 e. The van der Waals surface area contributed by atoms with Crippen LogP contribution in [0.15, 0.2) is 6.20 Å².